The predicted octanol–water partition coefficient (Wildman–Crippen LogP) is 0.425. The van der Waals surface area contributed by atoms with E-state index in [0.717, 1.165) is 29.9 Å². The van der Waals surface area contributed by atoms with Crippen LogP contribution in [0.3, 0.4) is 0 Å². The number of nitrogens with zero attached hydrogens (tertiary/aromatic N) is 1. The number of hydrogen-bond donors (Lipinski definition) is 1. The number of carbonyl (C=O) groups is 2. The van der Waals surface area contributed by atoms with Crippen LogP contribution in [0.5, 0.6) is 0 Å². The summed E-state index contributed by atoms with van der Waals surface area (Å²) in [6, 6.07) is 0. The molecule has 0 aromatic carbocycles. The number of halogens is 1. The molecule has 2 saturated heterocycles. The van der Waals surface area contributed by atoms with Gasteiger partial charge in [0, 0.05) is 6.42 Å². The van der Waals surface area contributed by atoms with Gasteiger partial charge in [-0.05, 0) is 25.9 Å². The first-order valence-corrected chi connectivity index (χ1v) is 5.11. The zero-order chi connectivity index (χ0) is 9.47. The van der Waals surface area contributed by atoms with E-state index in [-0.39, 0.29) is 11.8 Å². The summed E-state index contributed by atoms with van der Waals surface area (Å²) in [7, 11) is 0. The Kier molecular flexibility index (Phi) is 2.15. The number of rotatable bonds is 0. The van der Waals surface area contributed by atoms with Gasteiger partial charge in [-0.1, -0.05) is 0 Å². The highest BCUT2D eigenvalue weighted by molar-refractivity contribution is 9.08. The maximum Gasteiger partial charge on any atom is 0.246 e. The third kappa shape index (κ3) is 1.30. The Bertz CT molecular complexity index is 261. The molecule has 0 aliphatic carbocycles. The lowest BCUT2D eigenvalue weighted by Crippen LogP contribution is -2.41. The molecule has 2 aliphatic heterocycles. The number of amides is 2. The molecular formula is C8H11BrN2O2. The molecule has 4 nitrogen and oxygen atoms in total. The summed E-state index contributed by atoms with van der Waals surface area (Å²) in [4.78, 5) is 23.0. The first kappa shape index (κ1) is 9.15. The molecule has 2 heterocycles. The molecule has 2 amide bonds. The predicted molar refractivity (Wildman–Crippen MR) is 49.9 cm³/mol. The molecule has 2 rings (SSSR count). The van der Waals surface area contributed by atoms with Gasteiger partial charge in [-0.2, -0.15) is 0 Å². The van der Waals surface area contributed by atoms with E-state index in [2.05, 4.69) is 21.5 Å². The lowest BCUT2D eigenvalue weighted by molar-refractivity contribution is -0.135. The van der Waals surface area contributed by atoms with Gasteiger partial charge in [-0.15, -0.1) is 0 Å². The van der Waals surface area contributed by atoms with E-state index in [0.29, 0.717) is 6.42 Å². The number of hydrogen-bond acceptors (Lipinski definition) is 3. The van der Waals surface area contributed by atoms with Crippen molar-refractivity contribution in [3.63, 3.8) is 0 Å². The Labute approximate surface area is 85.0 Å². The van der Waals surface area contributed by atoms with E-state index >= 15 is 0 Å². The molecule has 0 unspecified atom stereocenters. The quantitative estimate of drug-likeness (QED) is 0.498. The fourth-order valence-electron chi connectivity index (χ4n) is 2.05. The van der Waals surface area contributed by atoms with Gasteiger partial charge in [-0.25, -0.2) is 3.93 Å². The van der Waals surface area contributed by atoms with Crippen molar-refractivity contribution in [2.75, 3.05) is 13.1 Å². The Morgan fingerprint density at radius 3 is 2.38 bits per heavy atom. The van der Waals surface area contributed by atoms with E-state index < -0.39 is 5.41 Å². The van der Waals surface area contributed by atoms with Crippen LogP contribution >= 0.6 is 16.1 Å². The second-order valence-corrected chi connectivity index (χ2v) is 4.40. The van der Waals surface area contributed by atoms with Crippen molar-refractivity contribution in [3.05, 3.63) is 0 Å². The number of nitrogens with one attached hydrogen (secondary N) is 1. The average molecular weight is 247 g/mol. The molecule has 5 heteroatoms. The molecule has 0 saturated carbocycles. The summed E-state index contributed by atoms with van der Waals surface area (Å²) in [5.74, 6) is -0.161. The van der Waals surface area contributed by atoms with E-state index in [1.54, 1.807) is 0 Å². The molecule has 1 N–H and O–H groups in total. The summed E-state index contributed by atoms with van der Waals surface area (Å²) in [5.41, 5.74) is -0.397. The zero-order valence-corrected chi connectivity index (χ0v) is 8.76. The highest BCUT2D eigenvalue weighted by atomic mass is 79.9. The van der Waals surface area contributed by atoms with Crippen molar-refractivity contribution in [2.45, 2.75) is 19.3 Å². The Morgan fingerprint density at radius 1 is 1.31 bits per heavy atom. The molecule has 2 fully saturated rings. The lowest BCUT2D eigenvalue weighted by Gasteiger charge is -2.30. The normalized spacial score (nSPS) is 27.3. The van der Waals surface area contributed by atoms with Crippen molar-refractivity contribution in [1.82, 2.24) is 9.24 Å². The third-order valence-corrected chi connectivity index (χ3v) is 3.62. The van der Waals surface area contributed by atoms with Gasteiger partial charge < -0.3 is 5.32 Å². The summed E-state index contributed by atoms with van der Waals surface area (Å²) in [6.45, 7) is 1.67. The van der Waals surface area contributed by atoms with E-state index in [1.807, 2.05) is 0 Å². The molecule has 0 bridgehead atoms. The zero-order valence-electron chi connectivity index (χ0n) is 7.18. The first-order chi connectivity index (χ1) is 6.16. The third-order valence-electron chi connectivity index (χ3n) is 2.90. The van der Waals surface area contributed by atoms with E-state index in [4.69, 9.17) is 0 Å². The highest BCUT2D eigenvalue weighted by Crippen LogP contribution is 2.41. The fourth-order valence-corrected chi connectivity index (χ4v) is 2.55. The van der Waals surface area contributed by atoms with Crippen LogP contribution in [0.2, 0.25) is 0 Å². The minimum absolute atomic E-state index is 0.0565. The summed E-state index contributed by atoms with van der Waals surface area (Å²) in [5, 5.41) is 3.19. The van der Waals surface area contributed by atoms with Gasteiger partial charge >= 0.3 is 0 Å². The molecule has 0 atom stereocenters. The molecule has 13 heavy (non-hydrogen) atoms. The maximum absolute atomic E-state index is 11.7. The number of imide groups is 1. The average Bonchev–Trinajstić information content (AvgIpc) is 2.33. The topological polar surface area (TPSA) is 49.4 Å². The van der Waals surface area contributed by atoms with Crippen LogP contribution in [0.4, 0.5) is 0 Å². The van der Waals surface area contributed by atoms with Crippen molar-refractivity contribution in [1.29, 1.82) is 0 Å². The van der Waals surface area contributed by atoms with Crippen LogP contribution in [0, 0.1) is 5.41 Å². The summed E-state index contributed by atoms with van der Waals surface area (Å²) in [6.07, 6.45) is 1.93. The van der Waals surface area contributed by atoms with E-state index in [1.165, 1.54) is 0 Å². The molecule has 0 aromatic rings. The smallest absolute Gasteiger partial charge is 0.246 e. The van der Waals surface area contributed by atoms with Crippen molar-refractivity contribution < 1.29 is 9.59 Å². The largest absolute Gasteiger partial charge is 0.317 e. The SMILES string of the molecule is O=C1CC2(CCNCC2)C(=O)N1Br. The van der Waals surface area contributed by atoms with Gasteiger partial charge in [0.25, 0.3) is 0 Å². The van der Waals surface area contributed by atoms with Gasteiger partial charge in [0.1, 0.15) is 0 Å². The van der Waals surface area contributed by atoms with Crippen LogP contribution in [0.25, 0.3) is 0 Å². The molecule has 1 spiro atoms. The molecule has 0 aromatic heterocycles. The fraction of sp³-hybridized carbons (Fsp3) is 0.750. The minimum atomic E-state index is -0.397. The van der Waals surface area contributed by atoms with Crippen LogP contribution in [-0.4, -0.2) is 28.8 Å². The Balaban J connectivity index is 2.23. The molecular weight excluding hydrogens is 236 g/mol. The van der Waals surface area contributed by atoms with Gasteiger partial charge in [0.15, 0.2) is 0 Å². The Hall–Kier alpha value is -0.420. The van der Waals surface area contributed by atoms with Crippen molar-refractivity contribution >= 4 is 28.0 Å². The lowest BCUT2D eigenvalue weighted by atomic mass is 9.77. The monoisotopic (exact) mass is 246 g/mol. The van der Waals surface area contributed by atoms with Gasteiger partial charge in [0.2, 0.25) is 11.8 Å². The maximum atomic E-state index is 11.7. The second-order valence-electron chi connectivity index (χ2n) is 3.69. The van der Waals surface area contributed by atoms with Gasteiger partial charge in [-0.3, -0.25) is 9.59 Å². The number of piperidine rings is 1. The van der Waals surface area contributed by atoms with Crippen LogP contribution < -0.4 is 5.32 Å². The van der Waals surface area contributed by atoms with Crippen molar-refractivity contribution in [3.8, 4) is 0 Å². The minimum Gasteiger partial charge on any atom is -0.317 e. The van der Waals surface area contributed by atoms with Crippen LogP contribution in [-0.2, 0) is 9.59 Å². The molecule has 0 radical (unpaired) electrons. The van der Waals surface area contributed by atoms with Crippen molar-refractivity contribution in [2.24, 2.45) is 5.41 Å². The summed E-state index contributed by atoms with van der Waals surface area (Å²) >= 11 is 2.99. The molecule has 2 aliphatic rings. The van der Waals surface area contributed by atoms with Crippen LogP contribution in [0.1, 0.15) is 19.3 Å². The van der Waals surface area contributed by atoms with Gasteiger partial charge in [0.05, 0.1) is 21.6 Å². The second kappa shape index (κ2) is 3.06. The highest BCUT2D eigenvalue weighted by Gasteiger charge is 2.51. The van der Waals surface area contributed by atoms with Crippen LogP contribution in [0.15, 0.2) is 0 Å². The Morgan fingerprint density at radius 2 is 1.92 bits per heavy atom. The standard InChI is InChI=1S/C8H11BrN2O2/c9-11-6(12)5-8(7(11)13)1-3-10-4-2-8/h10H,1-5H2. The van der Waals surface area contributed by atoms with E-state index in [9.17, 15) is 9.59 Å². The first-order valence-electron chi connectivity index (χ1n) is 4.40. The molecule has 72 valence electrons. The summed E-state index contributed by atoms with van der Waals surface area (Å²) < 4.78 is 1.10. The number of carbonyl (C=O) groups excluding carboxylic acids is 2.